The van der Waals surface area contributed by atoms with E-state index in [0.29, 0.717) is 0 Å². The molecular formula is C20H24Si. The minimum absolute atomic E-state index is 0.542. The zero-order chi connectivity index (χ0) is 15.6. The molecule has 2 aromatic rings. The largest absolute Gasteiger partial charge is 0.0955 e. The third-order valence-electron chi connectivity index (χ3n) is 3.82. The van der Waals surface area contributed by atoms with Gasteiger partial charge in [-0.2, -0.15) is 0 Å². The van der Waals surface area contributed by atoms with Gasteiger partial charge in [0.25, 0.3) is 0 Å². The fourth-order valence-electron chi connectivity index (χ4n) is 2.78. The van der Waals surface area contributed by atoms with E-state index in [-0.39, 0.29) is 0 Å². The van der Waals surface area contributed by atoms with Gasteiger partial charge in [-0.15, -0.1) is 0 Å². The Hall–Kier alpha value is -1.86. The lowest BCUT2D eigenvalue weighted by Crippen LogP contribution is -2.32. The van der Waals surface area contributed by atoms with Crippen molar-refractivity contribution in [3.63, 3.8) is 0 Å². The Labute approximate surface area is 131 Å². The van der Waals surface area contributed by atoms with Crippen LogP contribution in [0.2, 0.25) is 0 Å². The minimum atomic E-state index is -0.542. The lowest BCUT2D eigenvalue weighted by molar-refractivity contribution is 1.46. The Balaban J connectivity index is 2.52. The summed E-state index contributed by atoms with van der Waals surface area (Å²) in [5, 5.41) is 2.96. The number of aryl methyl sites for hydroxylation is 2. The van der Waals surface area contributed by atoms with Crippen molar-refractivity contribution in [2.45, 2.75) is 27.7 Å². The van der Waals surface area contributed by atoms with Crippen LogP contribution in [0.15, 0.2) is 49.6 Å². The van der Waals surface area contributed by atoms with Gasteiger partial charge in [0, 0.05) is 0 Å². The van der Waals surface area contributed by atoms with Gasteiger partial charge in [-0.1, -0.05) is 82.2 Å². The summed E-state index contributed by atoms with van der Waals surface area (Å²) >= 11 is 0. The number of hydrogen-bond acceptors (Lipinski definition) is 0. The molecule has 0 heterocycles. The first-order valence-corrected chi connectivity index (χ1v) is 8.80. The summed E-state index contributed by atoms with van der Waals surface area (Å²) in [6, 6.07) is 13.5. The van der Waals surface area contributed by atoms with Crippen LogP contribution >= 0.6 is 0 Å². The third kappa shape index (κ3) is 3.62. The predicted molar refractivity (Wildman–Crippen MR) is 99.6 cm³/mol. The molecule has 0 atom stereocenters. The first kappa shape index (κ1) is 15.5. The Bertz CT molecular complexity index is 646. The molecule has 0 bridgehead atoms. The van der Waals surface area contributed by atoms with E-state index < -0.39 is 9.52 Å². The topological polar surface area (TPSA) is 0 Å². The molecule has 0 spiro atoms. The lowest BCUT2D eigenvalue weighted by Gasteiger charge is -2.14. The van der Waals surface area contributed by atoms with Gasteiger partial charge in [-0.05, 0) is 38.8 Å². The minimum Gasteiger partial charge on any atom is -0.0955 e. The van der Waals surface area contributed by atoms with Gasteiger partial charge in [0.1, 0.15) is 0 Å². The predicted octanol–water partition coefficient (Wildman–Crippen LogP) is 3.49. The molecule has 0 aromatic heterocycles. The van der Waals surface area contributed by atoms with Crippen LogP contribution in [0.3, 0.4) is 0 Å². The Morgan fingerprint density at radius 2 is 1.14 bits per heavy atom. The third-order valence-corrected chi connectivity index (χ3v) is 5.75. The van der Waals surface area contributed by atoms with Crippen LogP contribution in [0.4, 0.5) is 0 Å². The summed E-state index contributed by atoms with van der Waals surface area (Å²) in [5.41, 5.74) is 7.60. The molecule has 0 radical (unpaired) electrons. The van der Waals surface area contributed by atoms with Gasteiger partial charge in [0.05, 0.1) is 9.52 Å². The van der Waals surface area contributed by atoms with Crippen LogP contribution in [0, 0.1) is 13.8 Å². The van der Waals surface area contributed by atoms with E-state index >= 15 is 0 Å². The highest BCUT2D eigenvalue weighted by Crippen LogP contribution is 2.13. The molecule has 0 fully saturated rings. The van der Waals surface area contributed by atoms with Crippen molar-refractivity contribution in [3.05, 3.63) is 71.8 Å². The summed E-state index contributed by atoms with van der Waals surface area (Å²) in [6.45, 7) is 16.8. The summed E-state index contributed by atoms with van der Waals surface area (Å²) in [6.07, 6.45) is 0. The molecule has 0 aliphatic heterocycles. The molecule has 0 N–H and O–H groups in total. The van der Waals surface area contributed by atoms with E-state index in [4.69, 9.17) is 0 Å². The van der Waals surface area contributed by atoms with E-state index in [1.165, 1.54) is 32.6 Å². The molecule has 0 unspecified atom stereocenters. The van der Waals surface area contributed by atoms with E-state index in [9.17, 15) is 0 Å². The quantitative estimate of drug-likeness (QED) is 0.757. The standard InChI is InChI=1S/C20H24Si/c1-13(2)17-9-7-15(5)11-19(17)21-20-12-16(6)8-10-18(20)14(3)4/h7-12H,1,3,21H2,2,4-6H3. The number of benzene rings is 2. The molecule has 0 nitrogen and oxygen atoms in total. The Morgan fingerprint density at radius 3 is 1.48 bits per heavy atom. The molecule has 0 aliphatic carbocycles. The van der Waals surface area contributed by atoms with Crippen molar-refractivity contribution in [2.24, 2.45) is 0 Å². The van der Waals surface area contributed by atoms with Crippen molar-refractivity contribution in [3.8, 4) is 0 Å². The Morgan fingerprint density at radius 1 is 0.762 bits per heavy atom. The van der Waals surface area contributed by atoms with Crippen LogP contribution in [0.1, 0.15) is 36.1 Å². The van der Waals surface area contributed by atoms with Crippen molar-refractivity contribution < 1.29 is 0 Å². The van der Waals surface area contributed by atoms with Crippen molar-refractivity contribution in [1.82, 2.24) is 0 Å². The average Bonchev–Trinajstić information content (AvgIpc) is 2.38. The summed E-state index contributed by atoms with van der Waals surface area (Å²) in [7, 11) is -0.542. The molecule has 1 heteroatoms. The second-order valence-electron chi connectivity index (χ2n) is 6.06. The van der Waals surface area contributed by atoms with Gasteiger partial charge in [0.15, 0.2) is 0 Å². The number of allylic oxidation sites excluding steroid dienone is 2. The normalized spacial score (nSPS) is 10.5. The van der Waals surface area contributed by atoms with Crippen LogP contribution in [0.5, 0.6) is 0 Å². The smallest absolute Gasteiger partial charge is 0.0891 e. The number of rotatable bonds is 4. The summed E-state index contributed by atoms with van der Waals surface area (Å²) in [4.78, 5) is 0. The maximum Gasteiger partial charge on any atom is 0.0891 e. The van der Waals surface area contributed by atoms with E-state index in [0.717, 1.165) is 11.1 Å². The molecule has 0 saturated carbocycles. The second-order valence-corrected chi connectivity index (χ2v) is 7.94. The maximum absolute atomic E-state index is 4.14. The fourth-order valence-corrected chi connectivity index (χ4v) is 5.25. The first-order valence-electron chi connectivity index (χ1n) is 7.39. The van der Waals surface area contributed by atoms with Crippen LogP contribution in [-0.2, 0) is 0 Å². The molecule has 0 saturated heterocycles. The van der Waals surface area contributed by atoms with Gasteiger partial charge in [-0.25, -0.2) is 0 Å². The molecule has 0 amide bonds. The second kappa shape index (κ2) is 6.27. The van der Waals surface area contributed by atoms with Crippen LogP contribution < -0.4 is 10.4 Å². The molecule has 2 rings (SSSR count). The van der Waals surface area contributed by atoms with Crippen molar-refractivity contribution >= 4 is 31.0 Å². The van der Waals surface area contributed by atoms with Gasteiger partial charge < -0.3 is 0 Å². The highest BCUT2D eigenvalue weighted by atomic mass is 28.2. The van der Waals surface area contributed by atoms with Gasteiger partial charge >= 0.3 is 0 Å². The molecule has 108 valence electrons. The summed E-state index contributed by atoms with van der Waals surface area (Å²) in [5.74, 6) is 0. The lowest BCUT2D eigenvalue weighted by atomic mass is 10.1. The SMILES string of the molecule is C=C(C)c1ccc(C)cc1[SiH2]c1cc(C)ccc1C(=C)C. The van der Waals surface area contributed by atoms with E-state index in [2.05, 4.69) is 77.3 Å². The molecule has 0 aliphatic rings. The zero-order valence-corrected chi connectivity index (χ0v) is 15.0. The highest BCUT2D eigenvalue weighted by Gasteiger charge is 2.10. The Kier molecular flexibility index (Phi) is 4.64. The monoisotopic (exact) mass is 292 g/mol. The zero-order valence-electron chi connectivity index (χ0n) is 13.6. The van der Waals surface area contributed by atoms with E-state index in [1.807, 2.05) is 0 Å². The maximum atomic E-state index is 4.14. The van der Waals surface area contributed by atoms with Gasteiger partial charge in [0.2, 0.25) is 0 Å². The van der Waals surface area contributed by atoms with Crippen LogP contribution in [0.25, 0.3) is 11.1 Å². The molecular weight excluding hydrogens is 268 g/mol. The van der Waals surface area contributed by atoms with Crippen molar-refractivity contribution in [1.29, 1.82) is 0 Å². The van der Waals surface area contributed by atoms with Gasteiger partial charge in [-0.3, -0.25) is 0 Å². The van der Waals surface area contributed by atoms with E-state index in [1.54, 1.807) is 0 Å². The number of hydrogen-bond donors (Lipinski definition) is 0. The molecule has 21 heavy (non-hydrogen) atoms. The van der Waals surface area contributed by atoms with Crippen LogP contribution in [-0.4, -0.2) is 9.52 Å². The first-order chi connectivity index (χ1) is 9.88. The fraction of sp³-hybridized carbons (Fsp3) is 0.200. The summed E-state index contributed by atoms with van der Waals surface area (Å²) < 4.78 is 0. The molecule has 2 aromatic carbocycles. The average molecular weight is 292 g/mol. The highest BCUT2D eigenvalue weighted by molar-refractivity contribution is 6.69. The van der Waals surface area contributed by atoms with Crippen molar-refractivity contribution in [2.75, 3.05) is 0 Å².